The van der Waals surface area contributed by atoms with Crippen LogP contribution in [0.15, 0.2) is 48.5 Å². The maximum atomic E-state index is 13.6. The number of urea groups is 1. The summed E-state index contributed by atoms with van der Waals surface area (Å²) in [4.78, 5) is 54.0. The van der Waals surface area contributed by atoms with Gasteiger partial charge in [-0.25, -0.2) is 9.59 Å². The van der Waals surface area contributed by atoms with Crippen molar-refractivity contribution < 1.29 is 28.7 Å². The quantitative estimate of drug-likeness (QED) is 0.439. The summed E-state index contributed by atoms with van der Waals surface area (Å²) in [7, 11) is 0. The zero-order chi connectivity index (χ0) is 30.2. The summed E-state index contributed by atoms with van der Waals surface area (Å²) in [6.07, 6.45) is 0.265. The van der Waals surface area contributed by atoms with Crippen LogP contribution in [-0.2, 0) is 32.0 Å². The number of ether oxygens (including phenoxy) is 2. The third-order valence-corrected chi connectivity index (χ3v) is 7.43. The van der Waals surface area contributed by atoms with E-state index in [9.17, 15) is 19.2 Å². The molecule has 5 amide bonds. The molecule has 0 spiro atoms. The number of imide groups is 1. The van der Waals surface area contributed by atoms with Gasteiger partial charge in [-0.1, -0.05) is 48.9 Å². The van der Waals surface area contributed by atoms with Gasteiger partial charge in [0.2, 0.25) is 11.8 Å². The summed E-state index contributed by atoms with van der Waals surface area (Å²) >= 11 is 6.26. The van der Waals surface area contributed by atoms with Gasteiger partial charge in [-0.05, 0) is 69.4 Å². The zero-order valence-electron chi connectivity index (χ0n) is 24.1. The van der Waals surface area contributed by atoms with Crippen LogP contribution in [0.25, 0.3) is 0 Å². The summed E-state index contributed by atoms with van der Waals surface area (Å²) in [6, 6.07) is 13.0. The number of hydrogen-bond acceptors (Lipinski definition) is 6. The van der Waals surface area contributed by atoms with Crippen LogP contribution in [0.5, 0.6) is 0 Å². The smallest absolute Gasteiger partial charge is 0.422 e. The predicted octanol–water partition coefficient (Wildman–Crippen LogP) is 4.66. The van der Waals surface area contributed by atoms with Crippen molar-refractivity contribution in [2.75, 3.05) is 31.2 Å². The number of halogens is 1. The van der Waals surface area contributed by atoms with Crippen LogP contribution in [-0.4, -0.2) is 60.7 Å². The van der Waals surface area contributed by atoms with Crippen molar-refractivity contribution in [1.29, 1.82) is 0 Å². The number of amides is 5. The number of aryl methyl sites for hydroxylation is 1. The number of rotatable bonds is 9. The molecule has 1 aliphatic heterocycles. The number of nitrogens with zero attached hydrogens (tertiary/aromatic N) is 2. The Morgan fingerprint density at radius 2 is 1.68 bits per heavy atom. The van der Waals surface area contributed by atoms with E-state index in [0.717, 1.165) is 22.4 Å². The molecule has 0 saturated carbocycles. The van der Waals surface area contributed by atoms with Gasteiger partial charge in [0.25, 0.3) is 0 Å². The number of nitrogens with one attached hydrogen (secondary N) is 1. The van der Waals surface area contributed by atoms with Crippen molar-refractivity contribution >= 4 is 41.2 Å². The standard InChI is InChI=1S/C30H39ClN4O6/c1-5-21-10-12-23(13-11-21)35(27(32)38)28(39)40-20-30(26(37)33-18-22-8-6-7-9-24(22)31)14-16-34(17-15-30)25(36)19-41-29(2,3)4/h6-13H,5,14-20H2,1-4H3,(H2,32,38)(H,33,37). The third kappa shape index (κ3) is 8.68. The Balaban J connectivity index is 1.75. The minimum Gasteiger partial charge on any atom is -0.448 e. The van der Waals surface area contributed by atoms with Crippen molar-refractivity contribution in [2.45, 2.75) is 59.1 Å². The van der Waals surface area contributed by atoms with Crippen LogP contribution in [0, 0.1) is 5.41 Å². The molecule has 0 bridgehead atoms. The lowest BCUT2D eigenvalue weighted by Gasteiger charge is -2.40. The lowest BCUT2D eigenvalue weighted by molar-refractivity contribution is -0.148. The summed E-state index contributed by atoms with van der Waals surface area (Å²) in [5.41, 5.74) is 5.92. The Bertz CT molecular complexity index is 1240. The number of anilines is 1. The second kappa shape index (κ2) is 13.8. The van der Waals surface area contributed by atoms with Crippen LogP contribution in [0.3, 0.4) is 0 Å². The van der Waals surface area contributed by atoms with Crippen molar-refractivity contribution in [3.63, 3.8) is 0 Å². The fraction of sp³-hybridized carbons (Fsp3) is 0.467. The monoisotopic (exact) mass is 586 g/mol. The number of carbonyl (C=O) groups excluding carboxylic acids is 4. The average molecular weight is 587 g/mol. The first-order valence-corrected chi connectivity index (χ1v) is 14.0. The fourth-order valence-electron chi connectivity index (χ4n) is 4.46. The minimum atomic E-state index is -1.14. The first-order valence-electron chi connectivity index (χ1n) is 13.6. The number of benzene rings is 2. The Morgan fingerprint density at radius 1 is 1.05 bits per heavy atom. The largest absolute Gasteiger partial charge is 0.448 e. The van der Waals surface area contributed by atoms with E-state index < -0.39 is 23.1 Å². The van der Waals surface area contributed by atoms with E-state index in [4.69, 9.17) is 26.8 Å². The number of primary amides is 1. The van der Waals surface area contributed by atoms with Gasteiger partial charge in [0, 0.05) is 24.7 Å². The molecule has 11 heteroatoms. The fourth-order valence-corrected chi connectivity index (χ4v) is 4.67. The molecule has 0 aliphatic carbocycles. The Morgan fingerprint density at radius 3 is 2.24 bits per heavy atom. The predicted molar refractivity (Wildman–Crippen MR) is 156 cm³/mol. The molecule has 2 aromatic carbocycles. The van der Waals surface area contributed by atoms with Crippen LogP contribution < -0.4 is 16.0 Å². The van der Waals surface area contributed by atoms with E-state index in [-0.39, 0.29) is 63.2 Å². The molecule has 0 atom stereocenters. The van der Waals surface area contributed by atoms with Gasteiger partial charge < -0.3 is 25.4 Å². The molecule has 1 heterocycles. The van der Waals surface area contributed by atoms with Crippen LogP contribution >= 0.6 is 11.6 Å². The summed E-state index contributed by atoms with van der Waals surface area (Å²) in [5.74, 6) is -0.529. The molecule has 3 N–H and O–H groups in total. The minimum absolute atomic E-state index is 0.0748. The van der Waals surface area contributed by atoms with Crippen molar-refractivity contribution in [1.82, 2.24) is 10.2 Å². The molecule has 10 nitrogen and oxygen atoms in total. The number of piperidine rings is 1. The van der Waals surface area contributed by atoms with Gasteiger partial charge in [0.1, 0.15) is 13.2 Å². The van der Waals surface area contributed by atoms with Gasteiger partial charge >= 0.3 is 12.1 Å². The first kappa shape index (κ1) is 31.9. The molecule has 1 fully saturated rings. The molecule has 1 aliphatic rings. The van der Waals surface area contributed by atoms with Gasteiger partial charge in [0.05, 0.1) is 16.7 Å². The van der Waals surface area contributed by atoms with E-state index in [1.807, 2.05) is 33.8 Å². The Kier molecular flexibility index (Phi) is 10.8. The lowest BCUT2D eigenvalue weighted by atomic mass is 9.78. The zero-order valence-corrected chi connectivity index (χ0v) is 24.8. The summed E-state index contributed by atoms with van der Waals surface area (Å²) in [6.45, 7) is 7.91. The molecule has 222 valence electrons. The van der Waals surface area contributed by atoms with Crippen molar-refractivity contribution in [2.24, 2.45) is 11.1 Å². The molecule has 0 radical (unpaired) electrons. The van der Waals surface area contributed by atoms with E-state index in [2.05, 4.69) is 5.32 Å². The molecule has 1 saturated heterocycles. The molecule has 0 unspecified atom stereocenters. The highest BCUT2D eigenvalue weighted by molar-refractivity contribution is 6.31. The van der Waals surface area contributed by atoms with Crippen LogP contribution in [0.1, 0.15) is 51.7 Å². The number of likely N-dealkylation sites (tertiary alicyclic amines) is 1. The maximum Gasteiger partial charge on any atom is 0.422 e. The van der Waals surface area contributed by atoms with Gasteiger partial charge in [-0.3, -0.25) is 9.59 Å². The topological polar surface area (TPSA) is 131 Å². The molecular weight excluding hydrogens is 548 g/mol. The number of carbonyl (C=O) groups is 4. The van der Waals surface area contributed by atoms with Crippen molar-refractivity contribution in [3.05, 3.63) is 64.7 Å². The van der Waals surface area contributed by atoms with Crippen LogP contribution in [0.4, 0.5) is 15.3 Å². The third-order valence-electron chi connectivity index (χ3n) is 7.06. The van der Waals surface area contributed by atoms with Crippen molar-refractivity contribution in [3.8, 4) is 0 Å². The second-order valence-electron chi connectivity index (χ2n) is 11.1. The highest BCUT2D eigenvalue weighted by atomic mass is 35.5. The molecule has 0 aromatic heterocycles. The lowest BCUT2D eigenvalue weighted by Crippen LogP contribution is -2.53. The van der Waals surface area contributed by atoms with Crippen LogP contribution in [0.2, 0.25) is 5.02 Å². The molecule has 41 heavy (non-hydrogen) atoms. The molecular formula is C30H39ClN4O6. The highest BCUT2D eigenvalue weighted by Crippen LogP contribution is 2.33. The maximum absolute atomic E-state index is 13.6. The van der Waals surface area contributed by atoms with E-state index >= 15 is 0 Å². The summed E-state index contributed by atoms with van der Waals surface area (Å²) in [5, 5.41) is 3.42. The first-order chi connectivity index (χ1) is 19.3. The second-order valence-corrected chi connectivity index (χ2v) is 11.5. The van der Waals surface area contributed by atoms with Gasteiger partial charge in [0.15, 0.2) is 0 Å². The van der Waals surface area contributed by atoms with Gasteiger partial charge in [-0.2, -0.15) is 4.90 Å². The summed E-state index contributed by atoms with van der Waals surface area (Å²) < 4.78 is 11.2. The Hall–Kier alpha value is -3.63. The normalized spacial score (nSPS) is 14.7. The van der Waals surface area contributed by atoms with E-state index in [1.165, 1.54) is 0 Å². The van der Waals surface area contributed by atoms with Gasteiger partial charge in [-0.15, -0.1) is 0 Å². The van der Waals surface area contributed by atoms with E-state index in [1.54, 1.807) is 47.4 Å². The van der Waals surface area contributed by atoms with E-state index in [0.29, 0.717) is 5.02 Å². The Labute approximate surface area is 246 Å². The number of nitrogens with two attached hydrogens (primary N) is 1. The SMILES string of the molecule is CCc1ccc(N(C(N)=O)C(=O)OCC2(C(=O)NCc3ccccc3Cl)CCN(C(=O)COC(C)(C)C)CC2)cc1. The highest BCUT2D eigenvalue weighted by Gasteiger charge is 2.44. The molecule has 3 rings (SSSR count). The number of hydrogen-bond donors (Lipinski definition) is 2. The molecule has 2 aromatic rings. The average Bonchev–Trinajstić information content (AvgIpc) is 2.94.